The van der Waals surface area contributed by atoms with Crippen molar-refractivity contribution in [2.45, 2.75) is 0 Å². The number of aromatic nitrogens is 7. The molecule has 0 amide bonds. The van der Waals surface area contributed by atoms with E-state index in [1.165, 1.54) is 0 Å². The van der Waals surface area contributed by atoms with Crippen LogP contribution in [0.4, 0.5) is 0 Å². The maximum Gasteiger partial charge on any atom is 0.138 e. The molecule has 0 unspecified atom stereocenters. The van der Waals surface area contributed by atoms with Crippen LogP contribution in [-0.2, 0) is 0 Å². The highest BCUT2D eigenvalue weighted by Crippen LogP contribution is 2.43. The highest BCUT2D eigenvalue weighted by atomic mass is 15.1. The number of nitriles is 1. The summed E-state index contributed by atoms with van der Waals surface area (Å²) >= 11 is 0. The van der Waals surface area contributed by atoms with Crippen molar-refractivity contribution >= 4 is 43.6 Å². The average Bonchev–Trinajstić information content (AvgIpc) is 1.88. The molecule has 0 aliphatic rings. The number of fused-ring (bicyclic) bond motifs is 6. The van der Waals surface area contributed by atoms with Gasteiger partial charge in [0.05, 0.1) is 91.1 Å². The van der Waals surface area contributed by atoms with Gasteiger partial charge < -0.3 is 4.57 Å². The van der Waals surface area contributed by atoms with Gasteiger partial charge in [0.15, 0.2) is 0 Å². The first-order valence-electron chi connectivity index (χ1n) is 29.3. The Balaban J connectivity index is 0.903. The van der Waals surface area contributed by atoms with Crippen LogP contribution in [0.5, 0.6) is 0 Å². The van der Waals surface area contributed by atoms with Crippen LogP contribution in [0.1, 0.15) is 5.56 Å². The largest absolute Gasteiger partial charge is 0.307 e. The predicted octanol–water partition coefficient (Wildman–Crippen LogP) is 19.7. The zero-order valence-corrected chi connectivity index (χ0v) is 47.4. The fourth-order valence-electron chi connectivity index (χ4n) is 12.3. The molecule has 0 aliphatic carbocycles. The molecule has 7 aromatic heterocycles. The molecule has 0 atom stereocenters. The molecule has 16 rings (SSSR count). The minimum absolute atomic E-state index is 0.577. The van der Waals surface area contributed by atoms with Gasteiger partial charge in [0.1, 0.15) is 5.82 Å². The van der Waals surface area contributed by atoms with Crippen LogP contribution < -0.4 is 0 Å². The Morgan fingerprint density at radius 1 is 0.261 bits per heavy atom. The molecule has 0 bridgehead atoms. The topological polar surface area (TPSA) is 98.1 Å². The Morgan fingerprint density at radius 2 is 0.557 bits per heavy atom. The fourth-order valence-corrected chi connectivity index (χ4v) is 12.3. The summed E-state index contributed by atoms with van der Waals surface area (Å²) in [5.74, 6) is 0.732. The Kier molecular flexibility index (Phi) is 12.7. The summed E-state index contributed by atoms with van der Waals surface area (Å²) in [7, 11) is 0. The third-order valence-electron chi connectivity index (χ3n) is 16.7. The van der Waals surface area contributed by atoms with Gasteiger partial charge in [-0.15, -0.1) is 0 Å². The summed E-state index contributed by atoms with van der Waals surface area (Å²) in [5, 5.41) is 14.3. The molecule has 0 spiro atoms. The third-order valence-corrected chi connectivity index (χ3v) is 16.7. The van der Waals surface area contributed by atoms with E-state index >= 15 is 0 Å². The third kappa shape index (κ3) is 9.33. The normalized spacial score (nSPS) is 11.4. The van der Waals surface area contributed by atoms with Gasteiger partial charge in [-0.2, -0.15) is 5.26 Å². The molecule has 0 aliphatic heterocycles. The Bertz CT molecular complexity index is 5100. The first-order valence-corrected chi connectivity index (χ1v) is 29.3. The number of nitrogens with zero attached hydrogens (tertiary/aromatic N) is 8. The molecule has 8 heteroatoms. The molecule has 8 nitrogen and oxygen atoms in total. The molecular weight excluding hydrogens is 1070 g/mol. The maximum absolute atomic E-state index is 10.1. The average molecular weight is 1120 g/mol. The summed E-state index contributed by atoms with van der Waals surface area (Å²) in [5.41, 5.74) is 22.7. The highest BCUT2D eigenvalue weighted by molar-refractivity contribution is 6.13. The summed E-state index contributed by atoms with van der Waals surface area (Å²) in [6.45, 7) is 0. The van der Waals surface area contributed by atoms with Crippen LogP contribution >= 0.6 is 0 Å². The number of pyridine rings is 5. The number of hydrogen-bond acceptors (Lipinski definition) is 6. The van der Waals surface area contributed by atoms with Crippen LogP contribution in [0.3, 0.4) is 0 Å². The van der Waals surface area contributed by atoms with E-state index < -0.39 is 0 Å². The van der Waals surface area contributed by atoms with Gasteiger partial charge in [0.25, 0.3) is 0 Å². The first-order chi connectivity index (χ1) is 43.5. The van der Waals surface area contributed by atoms with Gasteiger partial charge >= 0.3 is 0 Å². The Hall–Kier alpha value is -12.2. The summed E-state index contributed by atoms with van der Waals surface area (Å²) in [6.07, 6.45) is 2.01. The predicted molar refractivity (Wildman–Crippen MR) is 358 cm³/mol. The van der Waals surface area contributed by atoms with E-state index in [4.69, 9.17) is 24.9 Å². The highest BCUT2D eigenvalue weighted by Gasteiger charge is 2.23. The smallest absolute Gasteiger partial charge is 0.138 e. The van der Waals surface area contributed by atoms with Gasteiger partial charge in [-0.05, 0) is 121 Å². The SMILES string of the molecule is N#Cc1ccc(-c2cc(-n3c4ccc(-c5cccc(-c6ccccc6)n5)cc4c4cc(-c5cccc(-c6ccccc6)n5)ccc43)ncc2-n2c3ccc(-c4cccc(-c5ccccc5)n4)cc3c3cc(-c4cccc(-c5ccccc5)n4)ccc32)cc1. The van der Waals surface area contributed by atoms with Gasteiger partial charge in [0, 0.05) is 71.6 Å². The second kappa shape index (κ2) is 21.8. The van der Waals surface area contributed by atoms with Crippen molar-refractivity contribution in [1.82, 2.24) is 34.1 Å². The second-order valence-electron chi connectivity index (χ2n) is 21.9. The summed E-state index contributed by atoms with van der Waals surface area (Å²) < 4.78 is 4.61. The van der Waals surface area contributed by atoms with Gasteiger partial charge in [-0.3, -0.25) is 4.57 Å². The monoisotopic (exact) mass is 1120 g/mol. The van der Waals surface area contributed by atoms with Crippen LogP contribution in [0.15, 0.2) is 303 Å². The first kappa shape index (κ1) is 51.5. The Labute approximate surface area is 507 Å². The lowest BCUT2D eigenvalue weighted by molar-refractivity contribution is 1.06. The van der Waals surface area contributed by atoms with Gasteiger partial charge in [-0.1, -0.05) is 182 Å². The van der Waals surface area contributed by atoms with E-state index in [0.717, 1.165) is 156 Å². The van der Waals surface area contributed by atoms with Crippen molar-refractivity contribution < 1.29 is 0 Å². The van der Waals surface area contributed by atoms with Crippen LogP contribution in [-0.4, -0.2) is 34.1 Å². The molecule has 88 heavy (non-hydrogen) atoms. The van der Waals surface area contributed by atoms with Crippen LogP contribution in [0, 0.1) is 11.3 Å². The van der Waals surface area contributed by atoms with Crippen LogP contribution in [0.2, 0.25) is 0 Å². The molecule has 0 radical (unpaired) electrons. The van der Waals surface area contributed by atoms with E-state index in [1.807, 2.05) is 103 Å². The van der Waals surface area contributed by atoms with E-state index in [0.29, 0.717) is 5.56 Å². The van der Waals surface area contributed by atoms with Gasteiger partial charge in [-0.25, -0.2) is 24.9 Å². The number of hydrogen-bond donors (Lipinski definition) is 0. The molecule has 0 saturated carbocycles. The molecule has 0 N–H and O–H groups in total. The quantitative estimate of drug-likeness (QED) is 0.128. The van der Waals surface area contributed by atoms with E-state index in [1.54, 1.807) is 0 Å². The second-order valence-corrected chi connectivity index (χ2v) is 21.9. The Morgan fingerprint density at radius 3 is 0.875 bits per heavy atom. The van der Waals surface area contributed by atoms with Crippen LogP contribution in [0.25, 0.3) is 156 Å². The van der Waals surface area contributed by atoms with Gasteiger partial charge in [0.2, 0.25) is 0 Å². The van der Waals surface area contributed by atoms with E-state index in [-0.39, 0.29) is 0 Å². The lowest BCUT2D eigenvalue weighted by Gasteiger charge is -2.17. The summed E-state index contributed by atoms with van der Waals surface area (Å²) in [4.78, 5) is 26.4. The molecule has 0 saturated heterocycles. The van der Waals surface area contributed by atoms with Crippen molar-refractivity contribution in [2.24, 2.45) is 0 Å². The standard InChI is InChI=1S/C80H50N8/c81-50-52-33-35-53(36-34-52)62-49-80(88-77-43-39-60(73-31-15-27-69(85-73)56-21-9-3-10-22-56)47-65(77)66-48-61(40-44-78(66)88)74-32-16-28-70(86-74)57-23-11-4-12-24-57)82-51-79(62)87-75-41-37-58(71-29-13-25-67(83-71)54-17-5-1-6-18-54)45-63(75)64-46-59(38-42-76(64)87)72-30-14-26-68(84-72)55-19-7-2-8-20-55/h1-49,51H. The van der Waals surface area contributed by atoms with E-state index in [2.05, 4.69) is 215 Å². The van der Waals surface area contributed by atoms with Crippen molar-refractivity contribution in [1.29, 1.82) is 5.26 Å². The molecular formula is C80H50N8. The minimum atomic E-state index is 0.577. The van der Waals surface area contributed by atoms with E-state index in [9.17, 15) is 5.26 Å². The number of rotatable bonds is 11. The minimum Gasteiger partial charge on any atom is -0.307 e. The molecule has 410 valence electrons. The van der Waals surface area contributed by atoms with Crippen molar-refractivity contribution in [2.75, 3.05) is 0 Å². The zero-order chi connectivity index (χ0) is 58.5. The lowest BCUT2D eigenvalue weighted by atomic mass is 10.0. The zero-order valence-electron chi connectivity index (χ0n) is 47.4. The molecule has 16 aromatic rings. The van der Waals surface area contributed by atoms with Crippen molar-refractivity contribution in [3.8, 4) is 119 Å². The molecule has 9 aromatic carbocycles. The van der Waals surface area contributed by atoms with Crippen molar-refractivity contribution in [3.63, 3.8) is 0 Å². The molecule has 7 heterocycles. The summed E-state index contributed by atoms with van der Waals surface area (Å²) in [6, 6.07) is 105. The maximum atomic E-state index is 10.1. The van der Waals surface area contributed by atoms with Crippen molar-refractivity contribution in [3.05, 3.63) is 309 Å². The molecule has 0 fully saturated rings. The lowest BCUT2D eigenvalue weighted by Crippen LogP contribution is -2.03. The fraction of sp³-hybridized carbons (Fsp3) is 0. The number of benzene rings is 9.